The Balaban J connectivity index is 2.22. The zero-order chi connectivity index (χ0) is 12.3. The molecule has 1 N–H and O–H groups in total. The van der Waals surface area contributed by atoms with Crippen molar-refractivity contribution >= 4 is 23.2 Å². The number of nitriles is 1. The minimum atomic E-state index is -0.445. The number of hydrogen-bond donors (Lipinski definition) is 1. The monoisotopic (exact) mass is 246 g/mol. The van der Waals surface area contributed by atoms with Crippen molar-refractivity contribution < 1.29 is 9.21 Å². The smallest absolute Gasteiger partial charge is 0.291 e. The first-order valence-electron chi connectivity index (χ1n) is 4.76. The van der Waals surface area contributed by atoms with Gasteiger partial charge >= 0.3 is 0 Å². The van der Waals surface area contributed by atoms with Crippen molar-refractivity contribution in [1.82, 2.24) is 0 Å². The third-order valence-corrected chi connectivity index (χ3v) is 2.30. The Hall–Kier alpha value is -2.25. The average molecular weight is 247 g/mol. The van der Waals surface area contributed by atoms with Gasteiger partial charge in [0, 0.05) is 0 Å². The molecule has 1 heterocycles. The molecule has 0 spiro atoms. The molecule has 0 fully saturated rings. The highest BCUT2D eigenvalue weighted by Gasteiger charge is 2.12. The number of halogens is 1. The van der Waals surface area contributed by atoms with Gasteiger partial charge < -0.3 is 9.73 Å². The number of carbonyl (C=O) groups excluding carboxylic acids is 1. The van der Waals surface area contributed by atoms with E-state index in [-0.39, 0.29) is 11.0 Å². The van der Waals surface area contributed by atoms with E-state index in [9.17, 15) is 4.79 Å². The fourth-order valence-corrected chi connectivity index (χ4v) is 1.46. The van der Waals surface area contributed by atoms with Gasteiger partial charge in [0.2, 0.25) is 0 Å². The molecule has 17 heavy (non-hydrogen) atoms. The molecule has 0 aliphatic rings. The van der Waals surface area contributed by atoms with Gasteiger partial charge in [0.05, 0.1) is 11.3 Å². The lowest BCUT2D eigenvalue weighted by Gasteiger charge is -2.04. The molecular weight excluding hydrogens is 240 g/mol. The molecule has 84 valence electrons. The van der Waals surface area contributed by atoms with Crippen LogP contribution in [0.5, 0.6) is 0 Å². The number of hydrogen-bond acceptors (Lipinski definition) is 3. The van der Waals surface area contributed by atoms with Crippen molar-refractivity contribution in [3.8, 4) is 6.07 Å². The molecule has 1 aromatic carbocycles. The molecule has 0 atom stereocenters. The highest BCUT2D eigenvalue weighted by Crippen LogP contribution is 2.17. The summed E-state index contributed by atoms with van der Waals surface area (Å²) in [6, 6.07) is 11.6. The van der Waals surface area contributed by atoms with Crippen LogP contribution in [0.15, 0.2) is 40.8 Å². The second-order valence-corrected chi connectivity index (χ2v) is 3.59. The van der Waals surface area contributed by atoms with Gasteiger partial charge in [0.1, 0.15) is 6.07 Å². The maximum atomic E-state index is 11.7. The molecule has 5 heteroatoms. The number of furan rings is 1. The maximum absolute atomic E-state index is 11.7. The predicted molar refractivity (Wildman–Crippen MR) is 62.8 cm³/mol. The summed E-state index contributed by atoms with van der Waals surface area (Å²) in [6.07, 6.45) is 0. The van der Waals surface area contributed by atoms with Gasteiger partial charge in [0.15, 0.2) is 11.0 Å². The topological polar surface area (TPSA) is 66.0 Å². The van der Waals surface area contributed by atoms with Crippen LogP contribution in [-0.4, -0.2) is 5.91 Å². The van der Waals surface area contributed by atoms with Crippen LogP contribution < -0.4 is 5.32 Å². The number of rotatable bonds is 2. The number of para-hydroxylation sites is 1. The van der Waals surface area contributed by atoms with Crippen LogP contribution in [0.25, 0.3) is 0 Å². The van der Waals surface area contributed by atoms with Crippen molar-refractivity contribution in [3.63, 3.8) is 0 Å². The number of nitrogens with one attached hydrogen (secondary N) is 1. The molecule has 4 nitrogen and oxygen atoms in total. The van der Waals surface area contributed by atoms with Gasteiger partial charge in [-0.3, -0.25) is 4.79 Å². The Labute approximate surface area is 102 Å². The molecular formula is C12H7ClN2O2. The van der Waals surface area contributed by atoms with E-state index in [1.807, 2.05) is 6.07 Å². The third kappa shape index (κ3) is 2.47. The number of nitrogens with zero attached hydrogens (tertiary/aromatic N) is 1. The highest BCUT2D eigenvalue weighted by atomic mass is 35.5. The quantitative estimate of drug-likeness (QED) is 0.886. The average Bonchev–Trinajstić information content (AvgIpc) is 2.77. The summed E-state index contributed by atoms with van der Waals surface area (Å²) in [4.78, 5) is 11.7. The maximum Gasteiger partial charge on any atom is 0.291 e. The summed E-state index contributed by atoms with van der Waals surface area (Å²) in [5.41, 5.74) is 0.825. The summed E-state index contributed by atoms with van der Waals surface area (Å²) >= 11 is 5.57. The number of carbonyl (C=O) groups is 1. The first-order valence-corrected chi connectivity index (χ1v) is 5.14. The largest absolute Gasteiger partial charge is 0.440 e. The van der Waals surface area contributed by atoms with Crippen molar-refractivity contribution in [3.05, 3.63) is 52.9 Å². The first kappa shape index (κ1) is 11.2. The Bertz CT molecular complexity index is 599. The van der Waals surface area contributed by atoms with Crippen LogP contribution in [0.1, 0.15) is 16.1 Å². The fraction of sp³-hybridized carbons (Fsp3) is 0. The summed E-state index contributed by atoms with van der Waals surface area (Å²) < 4.78 is 4.96. The Morgan fingerprint density at radius 2 is 2.06 bits per heavy atom. The van der Waals surface area contributed by atoms with Crippen LogP contribution in [0.2, 0.25) is 5.22 Å². The summed E-state index contributed by atoms with van der Waals surface area (Å²) in [5, 5.41) is 11.6. The van der Waals surface area contributed by atoms with E-state index < -0.39 is 5.91 Å². The minimum absolute atomic E-state index is 0.0998. The predicted octanol–water partition coefficient (Wildman–Crippen LogP) is 3.06. The Morgan fingerprint density at radius 3 is 2.71 bits per heavy atom. The number of anilines is 1. The Kier molecular flexibility index (Phi) is 3.12. The molecule has 0 radical (unpaired) electrons. The molecule has 1 aromatic heterocycles. The van der Waals surface area contributed by atoms with Crippen molar-refractivity contribution in [1.29, 1.82) is 5.26 Å². The minimum Gasteiger partial charge on any atom is -0.440 e. The zero-order valence-electron chi connectivity index (χ0n) is 8.61. The van der Waals surface area contributed by atoms with E-state index in [2.05, 4.69) is 5.32 Å². The van der Waals surface area contributed by atoms with Crippen LogP contribution in [0.3, 0.4) is 0 Å². The standard InChI is InChI=1S/C12H7ClN2O2/c13-11-6-5-10(17-11)12(16)15-9-4-2-1-3-8(9)7-14/h1-6H,(H,15,16). The fourth-order valence-electron chi connectivity index (χ4n) is 1.31. The summed E-state index contributed by atoms with van der Waals surface area (Å²) in [5.74, 6) is -0.345. The highest BCUT2D eigenvalue weighted by molar-refractivity contribution is 6.29. The number of amides is 1. The normalized spacial score (nSPS) is 9.65. The zero-order valence-corrected chi connectivity index (χ0v) is 9.36. The van der Waals surface area contributed by atoms with E-state index in [0.29, 0.717) is 11.3 Å². The van der Waals surface area contributed by atoms with E-state index >= 15 is 0 Å². The van der Waals surface area contributed by atoms with Gasteiger partial charge in [-0.25, -0.2) is 0 Å². The van der Waals surface area contributed by atoms with Gasteiger partial charge in [-0.15, -0.1) is 0 Å². The lowest BCUT2D eigenvalue weighted by atomic mass is 10.2. The van der Waals surface area contributed by atoms with Crippen LogP contribution in [0.4, 0.5) is 5.69 Å². The Morgan fingerprint density at radius 1 is 1.29 bits per heavy atom. The van der Waals surface area contributed by atoms with E-state index in [1.165, 1.54) is 12.1 Å². The van der Waals surface area contributed by atoms with Gasteiger partial charge in [-0.2, -0.15) is 5.26 Å². The van der Waals surface area contributed by atoms with Gasteiger partial charge in [-0.05, 0) is 35.9 Å². The number of benzene rings is 1. The molecule has 2 aromatic rings. The lowest BCUT2D eigenvalue weighted by molar-refractivity contribution is 0.0996. The molecule has 1 amide bonds. The van der Waals surface area contributed by atoms with Crippen LogP contribution in [0, 0.1) is 11.3 Å². The van der Waals surface area contributed by atoms with Crippen molar-refractivity contribution in [2.45, 2.75) is 0 Å². The third-order valence-electron chi connectivity index (χ3n) is 2.09. The van der Waals surface area contributed by atoms with Crippen LogP contribution in [-0.2, 0) is 0 Å². The van der Waals surface area contributed by atoms with Gasteiger partial charge in [0.25, 0.3) is 5.91 Å². The molecule has 0 saturated carbocycles. The first-order chi connectivity index (χ1) is 8.20. The molecule has 0 bridgehead atoms. The van der Waals surface area contributed by atoms with Crippen molar-refractivity contribution in [2.24, 2.45) is 0 Å². The van der Waals surface area contributed by atoms with E-state index in [1.54, 1.807) is 24.3 Å². The SMILES string of the molecule is N#Cc1ccccc1NC(=O)c1ccc(Cl)o1. The lowest BCUT2D eigenvalue weighted by Crippen LogP contribution is -2.11. The second kappa shape index (κ2) is 4.73. The molecule has 0 aliphatic heterocycles. The van der Waals surface area contributed by atoms with E-state index in [0.717, 1.165) is 0 Å². The molecule has 0 aliphatic carbocycles. The molecule has 2 rings (SSSR count). The van der Waals surface area contributed by atoms with Gasteiger partial charge in [-0.1, -0.05) is 12.1 Å². The van der Waals surface area contributed by atoms with Crippen LogP contribution >= 0.6 is 11.6 Å². The molecule has 0 unspecified atom stereocenters. The second-order valence-electron chi connectivity index (χ2n) is 3.22. The summed E-state index contributed by atoms with van der Waals surface area (Å²) in [6.45, 7) is 0. The molecule has 0 saturated heterocycles. The summed E-state index contributed by atoms with van der Waals surface area (Å²) in [7, 11) is 0. The van der Waals surface area contributed by atoms with Crippen molar-refractivity contribution in [2.75, 3.05) is 5.32 Å². The van der Waals surface area contributed by atoms with E-state index in [4.69, 9.17) is 21.3 Å².